The molecule has 2 heterocycles. The zero-order valence-corrected chi connectivity index (χ0v) is 28.3. The molecule has 6 heteroatoms. The van der Waals surface area contributed by atoms with Crippen LogP contribution in [0.3, 0.4) is 0 Å². The lowest BCUT2D eigenvalue weighted by atomic mass is 9.83. The van der Waals surface area contributed by atoms with Gasteiger partial charge >= 0.3 is 0 Å². The molecule has 0 N–H and O–H groups in total. The van der Waals surface area contributed by atoms with E-state index in [4.69, 9.17) is 0 Å². The summed E-state index contributed by atoms with van der Waals surface area (Å²) in [5, 5.41) is 0. The van der Waals surface area contributed by atoms with Crippen molar-refractivity contribution in [1.82, 2.24) is 9.80 Å². The molecule has 2 aliphatic heterocycles. The van der Waals surface area contributed by atoms with Crippen molar-refractivity contribution in [2.75, 3.05) is 13.1 Å². The number of halogens is 2. The van der Waals surface area contributed by atoms with Crippen LogP contribution in [0.4, 0.5) is 0 Å². The topological polar surface area (TPSA) is 40.6 Å². The maximum Gasteiger partial charge on any atom is 0.246 e. The number of hydrogen-bond donors (Lipinski definition) is 0. The number of rotatable bonds is 4. The summed E-state index contributed by atoms with van der Waals surface area (Å²) in [4.78, 5) is 28.0. The van der Waals surface area contributed by atoms with Crippen LogP contribution in [0.15, 0.2) is 119 Å². The SMILES string of the molecule is C=CC(=O)N1Cc2ccc(Br)cc2[C@@H](c2ccccc2C)C1.C=CC(=O)N1Cc2ccc(Br)cc2[C@H](c2ccccc2C)C1. The fourth-order valence-corrected chi connectivity index (χ4v) is 7.08. The molecule has 0 saturated heterocycles. The molecule has 0 saturated carbocycles. The number of amides is 2. The first-order chi connectivity index (χ1) is 21.2. The smallest absolute Gasteiger partial charge is 0.246 e. The Kier molecular flexibility index (Phi) is 10.0. The third kappa shape index (κ3) is 6.82. The highest BCUT2D eigenvalue weighted by Gasteiger charge is 2.30. The van der Waals surface area contributed by atoms with Crippen LogP contribution in [0.2, 0.25) is 0 Å². The van der Waals surface area contributed by atoms with Crippen LogP contribution >= 0.6 is 31.9 Å². The minimum absolute atomic E-state index is 0.00727. The quantitative estimate of drug-likeness (QED) is 0.199. The van der Waals surface area contributed by atoms with Crippen LogP contribution in [-0.4, -0.2) is 34.7 Å². The Labute approximate surface area is 277 Å². The minimum atomic E-state index is -0.00727. The van der Waals surface area contributed by atoms with Gasteiger partial charge in [-0.2, -0.15) is 0 Å². The summed E-state index contributed by atoms with van der Waals surface area (Å²) in [6.45, 7) is 14.2. The summed E-state index contributed by atoms with van der Waals surface area (Å²) in [5.41, 5.74) is 10.1. The molecule has 44 heavy (non-hydrogen) atoms. The summed E-state index contributed by atoms with van der Waals surface area (Å²) in [6, 6.07) is 29.5. The van der Waals surface area contributed by atoms with E-state index >= 15 is 0 Å². The molecular formula is C38H36Br2N2O2. The van der Waals surface area contributed by atoms with Gasteiger partial charge in [0.1, 0.15) is 0 Å². The minimum Gasteiger partial charge on any atom is -0.334 e. The first kappa shape index (κ1) is 31.7. The Bertz CT molecular complexity index is 1600. The molecule has 6 rings (SSSR count). The lowest BCUT2D eigenvalue weighted by molar-refractivity contribution is -0.127. The predicted octanol–water partition coefficient (Wildman–Crippen LogP) is 8.84. The van der Waals surface area contributed by atoms with E-state index in [0.29, 0.717) is 26.2 Å². The molecule has 2 aliphatic rings. The number of aryl methyl sites for hydroxylation is 2. The van der Waals surface area contributed by atoms with Crippen molar-refractivity contribution in [3.05, 3.63) is 164 Å². The van der Waals surface area contributed by atoms with Crippen molar-refractivity contribution in [3.63, 3.8) is 0 Å². The molecule has 0 radical (unpaired) electrons. The molecule has 4 aromatic carbocycles. The van der Waals surface area contributed by atoms with Crippen molar-refractivity contribution < 1.29 is 9.59 Å². The monoisotopic (exact) mass is 710 g/mol. The molecule has 2 amide bonds. The summed E-state index contributed by atoms with van der Waals surface area (Å²) in [5.74, 6) is 0.386. The van der Waals surface area contributed by atoms with E-state index < -0.39 is 0 Å². The Morgan fingerprint density at radius 2 is 1.02 bits per heavy atom. The van der Waals surface area contributed by atoms with Gasteiger partial charge in [0.15, 0.2) is 0 Å². The molecule has 0 fully saturated rings. The normalized spacial score (nSPS) is 17.0. The van der Waals surface area contributed by atoms with Gasteiger partial charge in [0.05, 0.1) is 0 Å². The van der Waals surface area contributed by atoms with E-state index in [1.807, 2.05) is 21.9 Å². The van der Waals surface area contributed by atoms with Gasteiger partial charge in [-0.3, -0.25) is 9.59 Å². The molecular weight excluding hydrogens is 676 g/mol. The Morgan fingerprint density at radius 1 is 0.636 bits per heavy atom. The maximum atomic E-state index is 12.1. The zero-order chi connectivity index (χ0) is 31.4. The Morgan fingerprint density at radius 3 is 1.39 bits per heavy atom. The Hall–Kier alpha value is -3.74. The third-order valence-electron chi connectivity index (χ3n) is 8.60. The number of nitrogens with zero attached hydrogens (tertiary/aromatic N) is 2. The second kappa shape index (κ2) is 13.9. The number of hydrogen-bond acceptors (Lipinski definition) is 2. The number of carbonyl (C=O) groups excluding carboxylic acids is 2. The van der Waals surface area contributed by atoms with Gasteiger partial charge in [-0.25, -0.2) is 0 Å². The van der Waals surface area contributed by atoms with Crippen LogP contribution in [-0.2, 0) is 22.7 Å². The fourth-order valence-electron chi connectivity index (χ4n) is 6.33. The van der Waals surface area contributed by atoms with E-state index in [1.54, 1.807) is 0 Å². The first-order valence-electron chi connectivity index (χ1n) is 14.7. The lowest BCUT2D eigenvalue weighted by Gasteiger charge is -2.35. The van der Waals surface area contributed by atoms with E-state index in [1.165, 1.54) is 56.7 Å². The third-order valence-corrected chi connectivity index (χ3v) is 9.58. The number of fused-ring (bicyclic) bond motifs is 2. The van der Waals surface area contributed by atoms with Gasteiger partial charge in [0.2, 0.25) is 11.8 Å². The van der Waals surface area contributed by atoms with Crippen molar-refractivity contribution in [2.45, 2.75) is 38.8 Å². The molecule has 224 valence electrons. The summed E-state index contributed by atoms with van der Waals surface area (Å²) < 4.78 is 2.15. The van der Waals surface area contributed by atoms with Crippen LogP contribution in [0, 0.1) is 13.8 Å². The zero-order valence-electron chi connectivity index (χ0n) is 25.1. The van der Waals surface area contributed by atoms with Crippen LogP contribution in [0.25, 0.3) is 0 Å². The van der Waals surface area contributed by atoms with E-state index in [2.05, 4.69) is 132 Å². The molecule has 4 aromatic rings. The largest absolute Gasteiger partial charge is 0.334 e. The predicted molar refractivity (Wildman–Crippen MR) is 186 cm³/mol. The van der Waals surface area contributed by atoms with Gasteiger partial charge in [-0.1, -0.05) is 106 Å². The highest BCUT2D eigenvalue weighted by atomic mass is 79.9. The molecule has 0 unspecified atom stereocenters. The molecule has 0 bridgehead atoms. The van der Waals surface area contributed by atoms with Crippen molar-refractivity contribution >= 4 is 43.7 Å². The summed E-state index contributed by atoms with van der Waals surface area (Å²) in [6.07, 6.45) is 2.80. The number of carbonyl (C=O) groups is 2. The van der Waals surface area contributed by atoms with Gasteiger partial charge in [-0.15, -0.1) is 0 Å². The highest BCUT2D eigenvalue weighted by molar-refractivity contribution is 9.10. The summed E-state index contributed by atoms with van der Waals surface area (Å²) >= 11 is 7.14. The second-order valence-corrected chi connectivity index (χ2v) is 13.2. The number of benzene rings is 4. The van der Waals surface area contributed by atoms with Crippen LogP contribution in [0.1, 0.15) is 56.3 Å². The van der Waals surface area contributed by atoms with Gasteiger partial charge in [0, 0.05) is 47.0 Å². The molecule has 0 spiro atoms. The summed E-state index contributed by atoms with van der Waals surface area (Å²) in [7, 11) is 0. The van der Waals surface area contributed by atoms with Gasteiger partial charge in [-0.05, 0) is 94.8 Å². The molecule has 4 nitrogen and oxygen atoms in total. The lowest BCUT2D eigenvalue weighted by Crippen LogP contribution is -2.37. The molecule has 2 atom stereocenters. The van der Waals surface area contributed by atoms with Crippen LogP contribution in [0.5, 0.6) is 0 Å². The van der Waals surface area contributed by atoms with E-state index in [0.717, 1.165) is 8.95 Å². The fraction of sp³-hybridized carbons (Fsp3) is 0.211. The standard InChI is InChI=1S/2C19H18BrNO/c2*1-3-19(22)21-11-14-8-9-15(20)10-17(14)18(12-21)16-7-5-4-6-13(16)2/h2*3-10,18H,1,11-12H2,2H3/t2*18-/m10/s1. The maximum absolute atomic E-state index is 12.1. The van der Waals surface area contributed by atoms with Gasteiger partial charge in [0.25, 0.3) is 0 Å². The molecule has 0 aliphatic carbocycles. The van der Waals surface area contributed by atoms with E-state index in [9.17, 15) is 9.59 Å². The van der Waals surface area contributed by atoms with Crippen molar-refractivity contribution in [2.24, 2.45) is 0 Å². The average molecular weight is 713 g/mol. The average Bonchev–Trinajstić information content (AvgIpc) is 3.04. The van der Waals surface area contributed by atoms with Crippen molar-refractivity contribution in [3.8, 4) is 0 Å². The molecule has 0 aromatic heterocycles. The van der Waals surface area contributed by atoms with Gasteiger partial charge < -0.3 is 9.80 Å². The van der Waals surface area contributed by atoms with Crippen LogP contribution < -0.4 is 0 Å². The first-order valence-corrected chi connectivity index (χ1v) is 16.3. The van der Waals surface area contributed by atoms with Crippen molar-refractivity contribution in [1.29, 1.82) is 0 Å². The van der Waals surface area contributed by atoms with E-state index in [-0.39, 0.29) is 23.7 Å². The second-order valence-electron chi connectivity index (χ2n) is 11.4. The Balaban J connectivity index is 0.000000175. The highest BCUT2D eigenvalue weighted by Crippen LogP contribution is 2.38.